The van der Waals surface area contributed by atoms with Crippen LogP contribution in [0, 0.1) is 11.3 Å². The summed E-state index contributed by atoms with van der Waals surface area (Å²) >= 11 is 0. The smallest absolute Gasteiger partial charge is 0.407 e. The Morgan fingerprint density at radius 1 is 1.39 bits per heavy atom. The second-order valence-electron chi connectivity index (χ2n) is 6.12. The van der Waals surface area contributed by atoms with Crippen LogP contribution in [0.5, 0.6) is 5.75 Å². The average molecular weight is 322 g/mol. The van der Waals surface area contributed by atoms with Crippen LogP contribution in [0.3, 0.4) is 0 Å². The molecule has 7 heteroatoms. The highest BCUT2D eigenvalue weighted by atomic mass is 16.6. The molecule has 23 heavy (non-hydrogen) atoms. The van der Waals surface area contributed by atoms with Crippen LogP contribution in [-0.4, -0.2) is 39.7 Å². The molecule has 2 atom stereocenters. The van der Waals surface area contributed by atoms with Gasteiger partial charge in [-0.1, -0.05) is 6.07 Å². The third-order valence-electron chi connectivity index (χ3n) is 2.96. The first-order chi connectivity index (χ1) is 10.6. The van der Waals surface area contributed by atoms with Crippen molar-refractivity contribution in [1.82, 2.24) is 5.32 Å². The molecular formula is C16H22N2O5. The maximum atomic E-state index is 11.5. The molecule has 1 aromatic rings. The van der Waals surface area contributed by atoms with E-state index in [1.807, 2.05) is 0 Å². The zero-order valence-electron chi connectivity index (χ0n) is 13.4. The van der Waals surface area contributed by atoms with E-state index in [1.165, 1.54) is 18.2 Å². The summed E-state index contributed by atoms with van der Waals surface area (Å²) < 4.78 is 5.05. The van der Waals surface area contributed by atoms with Gasteiger partial charge in [-0.3, -0.25) is 0 Å². The van der Waals surface area contributed by atoms with Crippen LogP contribution in [0.4, 0.5) is 4.79 Å². The van der Waals surface area contributed by atoms with Crippen molar-refractivity contribution in [2.24, 2.45) is 0 Å². The number of carbonyl (C=O) groups is 1. The Morgan fingerprint density at radius 2 is 2.04 bits per heavy atom. The molecule has 0 saturated carbocycles. The Balaban J connectivity index is 2.53. The van der Waals surface area contributed by atoms with Crippen LogP contribution in [0.1, 0.15) is 44.4 Å². The highest BCUT2D eigenvalue weighted by molar-refractivity contribution is 5.67. The minimum atomic E-state index is -1.23. The van der Waals surface area contributed by atoms with Gasteiger partial charge >= 0.3 is 6.09 Å². The molecule has 126 valence electrons. The second kappa shape index (κ2) is 7.81. The number of ether oxygens (including phenoxy) is 1. The van der Waals surface area contributed by atoms with Crippen molar-refractivity contribution >= 4 is 6.09 Å². The number of aliphatic hydroxyl groups is 2. The molecule has 0 spiro atoms. The van der Waals surface area contributed by atoms with Gasteiger partial charge in [0.1, 0.15) is 23.5 Å². The van der Waals surface area contributed by atoms with Gasteiger partial charge in [0.15, 0.2) is 0 Å². The molecule has 1 rings (SSSR count). The number of nitriles is 1. The van der Waals surface area contributed by atoms with Gasteiger partial charge in [0.25, 0.3) is 0 Å². The Hall–Kier alpha value is -2.30. The van der Waals surface area contributed by atoms with E-state index < -0.39 is 23.9 Å². The van der Waals surface area contributed by atoms with Crippen LogP contribution in [-0.2, 0) is 4.74 Å². The number of carbonyl (C=O) groups excluding carboxylic acids is 1. The van der Waals surface area contributed by atoms with Crippen LogP contribution in [0.2, 0.25) is 0 Å². The lowest BCUT2D eigenvalue weighted by Gasteiger charge is -2.21. The summed E-state index contributed by atoms with van der Waals surface area (Å²) in [6, 6.07) is 5.81. The summed E-state index contributed by atoms with van der Waals surface area (Å²) in [5, 5.41) is 40.8. The number of benzene rings is 1. The van der Waals surface area contributed by atoms with E-state index in [2.05, 4.69) is 5.32 Å². The first-order valence-corrected chi connectivity index (χ1v) is 7.20. The van der Waals surface area contributed by atoms with Gasteiger partial charge < -0.3 is 25.4 Å². The number of aromatic hydroxyl groups is 1. The fraction of sp³-hybridized carbons (Fsp3) is 0.500. The number of rotatable bonds is 5. The molecule has 1 amide bonds. The number of phenolic OH excluding ortho intramolecular Hbond substituents is 1. The van der Waals surface area contributed by atoms with Crippen LogP contribution in [0.15, 0.2) is 18.2 Å². The Kier molecular flexibility index (Phi) is 6.37. The van der Waals surface area contributed by atoms with E-state index in [4.69, 9.17) is 10.00 Å². The molecule has 4 N–H and O–H groups in total. The van der Waals surface area contributed by atoms with E-state index in [1.54, 1.807) is 26.8 Å². The van der Waals surface area contributed by atoms with Crippen molar-refractivity contribution in [3.05, 3.63) is 29.3 Å². The maximum Gasteiger partial charge on any atom is 0.407 e. The van der Waals surface area contributed by atoms with Crippen molar-refractivity contribution in [1.29, 1.82) is 5.26 Å². The third-order valence-corrected chi connectivity index (χ3v) is 2.96. The molecule has 0 saturated heterocycles. The van der Waals surface area contributed by atoms with Crippen molar-refractivity contribution < 1.29 is 24.9 Å². The van der Waals surface area contributed by atoms with E-state index in [0.717, 1.165) is 0 Å². The van der Waals surface area contributed by atoms with Gasteiger partial charge in [0.2, 0.25) is 0 Å². The Morgan fingerprint density at radius 3 is 2.61 bits per heavy atom. The first-order valence-electron chi connectivity index (χ1n) is 7.20. The molecule has 0 aliphatic carbocycles. The number of nitrogens with one attached hydrogen (secondary N) is 1. The molecule has 0 bridgehead atoms. The van der Waals surface area contributed by atoms with E-state index in [9.17, 15) is 20.1 Å². The van der Waals surface area contributed by atoms with E-state index in [0.29, 0.717) is 5.56 Å². The fourth-order valence-corrected chi connectivity index (χ4v) is 1.84. The first kappa shape index (κ1) is 18.7. The molecule has 0 aromatic heterocycles. The maximum absolute atomic E-state index is 11.5. The van der Waals surface area contributed by atoms with Crippen molar-refractivity contribution in [2.75, 3.05) is 6.54 Å². The minimum Gasteiger partial charge on any atom is -0.507 e. The molecule has 2 unspecified atom stereocenters. The highest BCUT2D eigenvalue weighted by Crippen LogP contribution is 2.24. The number of nitrogens with zero attached hydrogens (tertiary/aromatic N) is 1. The predicted molar refractivity (Wildman–Crippen MR) is 82.6 cm³/mol. The Labute approximate surface area is 135 Å². The summed E-state index contributed by atoms with van der Waals surface area (Å²) in [5.74, 6) is -0.190. The van der Waals surface area contributed by atoms with Gasteiger partial charge in [-0.15, -0.1) is 0 Å². The topological polar surface area (TPSA) is 123 Å². The highest BCUT2D eigenvalue weighted by Gasteiger charge is 2.20. The van der Waals surface area contributed by atoms with Crippen LogP contribution in [0.25, 0.3) is 0 Å². The molecule has 0 aliphatic rings. The van der Waals surface area contributed by atoms with Crippen LogP contribution >= 0.6 is 0 Å². The number of hydrogen-bond acceptors (Lipinski definition) is 6. The standard InChI is InChI=1S/C16H22N2O5/c1-16(2,3)23-15(22)18-7-6-13(20)14(21)10-4-5-12(19)11(8-10)9-17/h4-5,8,13-14,19-21H,6-7H2,1-3H3,(H,18,22). The number of alkyl carbamates (subject to hydrolysis) is 1. The fourth-order valence-electron chi connectivity index (χ4n) is 1.84. The van der Waals surface area contributed by atoms with Crippen molar-refractivity contribution in [3.8, 4) is 11.8 Å². The van der Waals surface area contributed by atoms with E-state index in [-0.39, 0.29) is 24.3 Å². The van der Waals surface area contributed by atoms with Gasteiger partial charge in [0.05, 0.1) is 11.7 Å². The third kappa shape index (κ3) is 6.14. The normalized spacial score (nSPS) is 13.7. The summed E-state index contributed by atoms with van der Waals surface area (Å²) in [7, 11) is 0. The largest absolute Gasteiger partial charge is 0.507 e. The lowest BCUT2D eigenvalue weighted by atomic mass is 10.00. The Bertz CT molecular complexity index is 589. The number of amides is 1. The monoisotopic (exact) mass is 322 g/mol. The van der Waals surface area contributed by atoms with Crippen LogP contribution < -0.4 is 5.32 Å². The van der Waals surface area contributed by atoms with Gasteiger partial charge in [-0.05, 0) is 44.9 Å². The second-order valence-corrected chi connectivity index (χ2v) is 6.12. The zero-order chi connectivity index (χ0) is 17.6. The predicted octanol–water partition coefficient (Wildman–Crippen LogP) is 1.57. The van der Waals surface area contributed by atoms with Gasteiger partial charge in [-0.25, -0.2) is 4.79 Å². The number of aliphatic hydroxyl groups excluding tert-OH is 2. The quantitative estimate of drug-likeness (QED) is 0.652. The van der Waals surface area contributed by atoms with Crippen molar-refractivity contribution in [2.45, 2.75) is 45.0 Å². The summed E-state index contributed by atoms with van der Waals surface area (Å²) in [5.41, 5.74) is -0.285. The van der Waals surface area contributed by atoms with E-state index >= 15 is 0 Å². The summed E-state index contributed by atoms with van der Waals surface area (Å²) in [6.45, 7) is 5.34. The lowest BCUT2D eigenvalue weighted by Crippen LogP contribution is -2.34. The molecule has 0 aliphatic heterocycles. The molecular weight excluding hydrogens is 300 g/mol. The molecule has 0 fully saturated rings. The summed E-state index contributed by atoms with van der Waals surface area (Å²) in [6.07, 6.45) is -2.87. The average Bonchev–Trinajstić information content (AvgIpc) is 2.45. The lowest BCUT2D eigenvalue weighted by molar-refractivity contribution is 0.0123. The van der Waals surface area contributed by atoms with Crippen molar-refractivity contribution in [3.63, 3.8) is 0 Å². The zero-order valence-corrected chi connectivity index (χ0v) is 13.4. The minimum absolute atomic E-state index is 0.0145. The van der Waals surface area contributed by atoms with Gasteiger partial charge in [0, 0.05) is 6.54 Å². The SMILES string of the molecule is CC(C)(C)OC(=O)NCCC(O)C(O)c1ccc(O)c(C#N)c1. The summed E-state index contributed by atoms with van der Waals surface area (Å²) in [4.78, 5) is 11.5. The molecule has 7 nitrogen and oxygen atoms in total. The number of phenols is 1. The van der Waals surface area contributed by atoms with Gasteiger partial charge in [-0.2, -0.15) is 5.26 Å². The number of hydrogen-bond donors (Lipinski definition) is 4. The molecule has 0 heterocycles. The molecule has 1 aromatic carbocycles. The molecule has 0 radical (unpaired) electrons.